The Kier molecular flexibility index (Phi) is 3.76. The molecule has 0 aliphatic rings. The van der Waals surface area contributed by atoms with Gasteiger partial charge in [-0.05, 0) is 43.5 Å². The van der Waals surface area contributed by atoms with E-state index in [9.17, 15) is 0 Å². The van der Waals surface area contributed by atoms with Crippen LogP contribution in [0.15, 0.2) is 47.0 Å². The zero-order valence-corrected chi connectivity index (χ0v) is 14.8. The summed E-state index contributed by atoms with van der Waals surface area (Å²) in [6, 6.07) is 13.8. The zero-order valence-electron chi connectivity index (χ0n) is 14.8. The summed E-state index contributed by atoms with van der Waals surface area (Å²) in [5, 5.41) is 12.4. The van der Waals surface area contributed by atoms with Gasteiger partial charge < -0.3 is 10.3 Å². The highest BCUT2D eigenvalue weighted by molar-refractivity contribution is 5.67. The Labute approximate surface area is 150 Å². The van der Waals surface area contributed by atoms with Crippen LogP contribution in [0.1, 0.15) is 16.7 Å². The van der Waals surface area contributed by atoms with Crippen LogP contribution in [0.2, 0.25) is 0 Å². The van der Waals surface area contributed by atoms with E-state index < -0.39 is 0 Å². The standard InChI is InChI=1S/C19H18N6O/c1-11-8-6-10-15(13(11)3)25-17(20)16(22-24-25)19-21-18(23-26-19)14-9-5-4-7-12(14)2/h4-10H,20H2,1-3H3. The molecule has 0 atom stereocenters. The maximum atomic E-state index is 6.27. The van der Waals surface area contributed by atoms with E-state index in [1.54, 1.807) is 4.68 Å². The number of nitrogens with two attached hydrogens (primary N) is 1. The fraction of sp³-hybridized carbons (Fsp3) is 0.158. The van der Waals surface area contributed by atoms with Crippen molar-refractivity contribution in [1.82, 2.24) is 25.1 Å². The molecule has 7 heteroatoms. The molecule has 2 aromatic heterocycles. The van der Waals surface area contributed by atoms with Gasteiger partial charge in [-0.25, -0.2) is 0 Å². The number of anilines is 1. The first-order valence-corrected chi connectivity index (χ1v) is 8.24. The Morgan fingerprint density at radius 1 is 0.962 bits per heavy atom. The fourth-order valence-corrected chi connectivity index (χ4v) is 2.84. The second-order valence-corrected chi connectivity index (χ2v) is 6.19. The van der Waals surface area contributed by atoms with E-state index in [0.29, 0.717) is 17.3 Å². The first kappa shape index (κ1) is 16.0. The number of rotatable bonds is 3. The van der Waals surface area contributed by atoms with Gasteiger partial charge in [-0.15, -0.1) is 5.10 Å². The van der Waals surface area contributed by atoms with Crippen molar-refractivity contribution in [1.29, 1.82) is 0 Å². The Balaban J connectivity index is 1.76. The smallest absolute Gasteiger partial charge is 0.282 e. The van der Waals surface area contributed by atoms with Crippen LogP contribution in [0.3, 0.4) is 0 Å². The summed E-state index contributed by atoms with van der Waals surface area (Å²) < 4.78 is 6.98. The normalized spacial score (nSPS) is 11.0. The van der Waals surface area contributed by atoms with Crippen LogP contribution in [0, 0.1) is 20.8 Å². The zero-order chi connectivity index (χ0) is 18.3. The van der Waals surface area contributed by atoms with E-state index in [1.807, 2.05) is 63.2 Å². The first-order valence-electron chi connectivity index (χ1n) is 8.24. The Bertz CT molecular complexity index is 1100. The first-order chi connectivity index (χ1) is 12.6. The van der Waals surface area contributed by atoms with Crippen LogP contribution in [0.25, 0.3) is 28.7 Å². The maximum absolute atomic E-state index is 6.27. The van der Waals surface area contributed by atoms with Crippen LogP contribution in [0.4, 0.5) is 5.82 Å². The number of benzene rings is 2. The highest BCUT2D eigenvalue weighted by atomic mass is 16.5. The number of aromatic nitrogens is 5. The topological polar surface area (TPSA) is 95.7 Å². The van der Waals surface area contributed by atoms with E-state index >= 15 is 0 Å². The molecule has 7 nitrogen and oxygen atoms in total. The molecule has 0 spiro atoms. The van der Waals surface area contributed by atoms with Gasteiger partial charge in [0.15, 0.2) is 11.5 Å². The van der Waals surface area contributed by atoms with Gasteiger partial charge >= 0.3 is 0 Å². The van der Waals surface area contributed by atoms with Crippen molar-refractivity contribution in [3.05, 3.63) is 59.2 Å². The van der Waals surface area contributed by atoms with E-state index in [4.69, 9.17) is 10.3 Å². The molecule has 0 amide bonds. The molecule has 0 saturated carbocycles. The highest BCUT2D eigenvalue weighted by Crippen LogP contribution is 2.28. The molecule has 0 aliphatic heterocycles. The average Bonchev–Trinajstić information content (AvgIpc) is 3.25. The summed E-state index contributed by atoms with van der Waals surface area (Å²) in [7, 11) is 0. The number of hydrogen-bond acceptors (Lipinski definition) is 6. The lowest BCUT2D eigenvalue weighted by atomic mass is 10.1. The Morgan fingerprint density at radius 2 is 1.73 bits per heavy atom. The monoisotopic (exact) mass is 346 g/mol. The van der Waals surface area contributed by atoms with Gasteiger partial charge in [0.1, 0.15) is 0 Å². The molecule has 2 aromatic carbocycles. The van der Waals surface area contributed by atoms with E-state index in [1.165, 1.54) is 0 Å². The van der Waals surface area contributed by atoms with Gasteiger partial charge in [-0.1, -0.05) is 46.8 Å². The largest absolute Gasteiger partial charge is 0.382 e. The quantitative estimate of drug-likeness (QED) is 0.610. The molecule has 4 rings (SSSR count). The predicted octanol–water partition coefficient (Wildman–Crippen LogP) is 3.49. The van der Waals surface area contributed by atoms with Gasteiger partial charge in [0.05, 0.1) is 5.69 Å². The van der Waals surface area contributed by atoms with Crippen molar-refractivity contribution in [3.8, 4) is 28.7 Å². The third-order valence-corrected chi connectivity index (χ3v) is 4.52. The molecule has 0 saturated heterocycles. The third kappa shape index (κ3) is 2.54. The SMILES string of the molecule is Cc1ccccc1-c1noc(-c2nnn(-c3cccc(C)c3C)c2N)n1. The van der Waals surface area contributed by atoms with Crippen LogP contribution in [0.5, 0.6) is 0 Å². The molecule has 0 unspecified atom stereocenters. The van der Waals surface area contributed by atoms with E-state index in [-0.39, 0.29) is 5.89 Å². The van der Waals surface area contributed by atoms with Crippen LogP contribution >= 0.6 is 0 Å². The van der Waals surface area contributed by atoms with Crippen molar-refractivity contribution < 1.29 is 4.52 Å². The van der Waals surface area contributed by atoms with Crippen LogP contribution in [-0.4, -0.2) is 25.1 Å². The fourth-order valence-electron chi connectivity index (χ4n) is 2.84. The van der Waals surface area contributed by atoms with Gasteiger partial charge in [-0.2, -0.15) is 9.67 Å². The van der Waals surface area contributed by atoms with E-state index in [2.05, 4.69) is 20.5 Å². The average molecular weight is 346 g/mol. The van der Waals surface area contributed by atoms with Gasteiger partial charge in [-0.3, -0.25) is 0 Å². The van der Waals surface area contributed by atoms with Crippen molar-refractivity contribution in [3.63, 3.8) is 0 Å². The summed E-state index contributed by atoms with van der Waals surface area (Å²) in [5.41, 5.74) is 11.7. The molecular weight excluding hydrogens is 328 g/mol. The number of hydrogen-bond donors (Lipinski definition) is 1. The summed E-state index contributed by atoms with van der Waals surface area (Å²) >= 11 is 0. The third-order valence-electron chi connectivity index (χ3n) is 4.52. The van der Waals surface area contributed by atoms with Crippen LogP contribution < -0.4 is 5.73 Å². The second-order valence-electron chi connectivity index (χ2n) is 6.19. The summed E-state index contributed by atoms with van der Waals surface area (Å²) in [6.07, 6.45) is 0. The lowest BCUT2D eigenvalue weighted by Gasteiger charge is -2.08. The minimum absolute atomic E-state index is 0.248. The predicted molar refractivity (Wildman–Crippen MR) is 98.7 cm³/mol. The molecule has 0 radical (unpaired) electrons. The molecule has 2 heterocycles. The van der Waals surface area contributed by atoms with Crippen molar-refractivity contribution >= 4 is 5.82 Å². The highest BCUT2D eigenvalue weighted by Gasteiger charge is 2.21. The van der Waals surface area contributed by atoms with Gasteiger partial charge in [0, 0.05) is 5.56 Å². The minimum atomic E-state index is 0.248. The molecule has 26 heavy (non-hydrogen) atoms. The molecule has 0 fully saturated rings. The lowest BCUT2D eigenvalue weighted by molar-refractivity contribution is 0.431. The van der Waals surface area contributed by atoms with E-state index in [0.717, 1.165) is 27.9 Å². The van der Waals surface area contributed by atoms with Crippen LogP contribution in [-0.2, 0) is 0 Å². The molecule has 0 bridgehead atoms. The summed E-state index contributed by atoms with van der Waals surface area (Å²) in [6.45, 7) is 6.06. The molecule has 0 aliphatic carbocycles. The molecular formula is C19H18N6O. The summed E-state index contributed by atoms with van der Waals surface area (Å²) in [5.74, 6) is 1.11. The van der Waals surface area contributed by atoms with Gasteiger partial charge in [0.25, 0.3) is 5.89 Å². The number of aryl methyl sites for hydroxylation is 2. The Hall–Kier alpha value is -3.48. The van der Waals surface area contributed by atoms with Crippen molar-refractivity contribution in [2.24, 2.45) is 0 Å². The minimum Gasteiger partial charge on any atom is -0.382 e. The molecule has 4 aromatic rings. The molecule has 130 valence electrons. The number of nitrogen functional groups attached to an aromatic ring is 1. The van der Waals surface area contributed by atoms with Gasteiger partial charge in [0.2, 0.25) is 5.82 Å². The van der Waals surface area contributed by atoms with Crippen molar-refractivity contribution in [2.75, 3.05) is 5.73 Å². The summed E-state index contributed by atoms with van der Waals surface area (Å²) in [4.78, 5) is 4.45. The second kappa shape index (κ2) is 6.11. The lowest BCUT2D eigenvalue weighted by Crippen LogP contribution is -2.05. The maximum Gasteiger partial charge on any atom is 0.282 e. The molecule has 2 N–H and O–H groups in total. The Morgan fingerprint density at radius 3 is 2.54 bits per heavy atom. The number of nitrogens with zero attached hydrogens (tertiary/aromatic N) is 5. The van der Waals surface area contributed by atoms with Crippen molar-refractivity contribution in [2.45, 2.75) is 20.8 Å².